The second kappa shape index (κ2) is 6.11. The number of rotatable bonds is 3. The second-order valence-electron chi connectivity index (χ2n) is 4.58. The molecule has 0 radical (unpaired) electrons. The number of aromatic nitrogens is 3. The van der Waals surface area contributed by atoms with Crippen LogP contribution < -0.4 is 5.48 Å². The van der Waals surface area contributed by atoms with Gasteiger partial charge in [-0.15, -0.1) is 0 Å². The molecule has 0 saturated carbocycles. The first-order valence-corrected chi connectivity index (χ1v) is 6.54. The van der Waals surface area contributed by atoms with Crippen LogP contribution in [0, 0.1) is 0 Å². The van der Waals surface area contributed by atoms with E-state index in [0.717, 1.165) is 16.7 Å². The number of hydroxylamine groups is 1. The molecule has 1 amide bonds. The van der Waals surface area contributed by atoms with Crippen molar-refractivity contribution in [3.8, 4) is 22.4 Å². The first-order valence-electron chi connectivity index (χ1n) is 6.54. The Kier molecular flexibility index (Phi) is 3.84. The first kappa shape index (κ1) is 13.8. The number of hydrogen-bond acceptors (Lipinski definition) is 5. The van der Waals surface area contributed by atoms with E-state index in [4.69, 9.17) is 5.21 Å². The van der Waals surface area contributed by atoms with Crippen molar-refractivity contribution >= 4 is 5.91 Å². The number of pyridine rings is 1. The van der Waals surface area contributed by atoms with Gasteiger partial charge in [-0.2, -0.15) is 0 Å². The van der Waals surface area contributed by atoms with Crippen LogP contribution >= 0.6 is 0 Å². The molecule has 3 rings (SSSR count). The number of hydrogen-bond donors (Lipinski definition) is 2. The summed E-state index contributed by atoms with van der Waals surface area (Å²) in [5, 5.41) is 8.68. The zero-order chi connectivity index (χ0) is 15.4. The fourth-order valence-corrected chi connectivity index (χ4v) is 2.08. The molecule has 2 aromatic heterocycles. The van der Waals surface area contributed by atoms with Crippen molar-refractivity contribution in [2.45, 2.75) is 0 Å². The molecule has 0 unspecified atom stereocenters. The van der Waals surface area contributed by atoms with Crippen LogP contribution in [0.15, 0.2) is 61.3 Å². The summed E-state index contributed by atoms with van der Waals surface area (Å²) in [5.74, 6) is -0.568. The highest BCUT2D eigenvalue weighted by Crippen LogP contribution is 2.23. The second-order valence-corrected chi connectivity index (χ2v) is 4.58. The Bertz CT molecular complexity index is 789. The molecule has 0 spiro atoms. The molecule has 0 bridgehead atoms. The highest BCUT2D eigenvalue weighted by Gasteiger charge is 2.07. The molecule has 0 atom stereocenters. The van der Waals surface area contributed by atoms with E-state index < -0.39 is 5.91 Å². The number of benzene rings is 1. The molecular weight excluding hydrogens is 280 g/mol. The van der Waals surface area contributed by atoms with E-state index >= 15 is 0 Å². The summed E-state index contributed by atoms with van der Waals surface area (Å²) in [6.45, 7) is 0. The minimum atomic E-state index is -0.568. The van der Waals surface area contributed by atoms with E-state index in [1.54, 1.807) is 23.9 Å². The van der Waals surface area contributed by atoms with Crippen LogP contribution in [-0.4, -0.2) is 26.1 Å². The van der Waals surface area contributed by atoms with Crippen LogP contribution in [0.25, 0.3) is 22.4 Å². The zero-order valence-electron chi connectivity index (χ0n) is 11.5. The van der Waals surface area contributed by atoms with Crippen molar-refractivity contribution in [3.63, 3.8) is 0 Å². The summed E-state index contributed by atoms with van der Waals surface area (Å²) in [7, 11) is 0. The van der Waals surface area contributed by atoms with Crippen molar-refractivity contribution in [1.29, 1.82) is 0 Å². The largest absolute Gasteiger partial charge is 0.288 e. The molecule has 1 aromatic carbocycles. The average molecular weight is 292 g/mol. The predicted molar refractivity (Wildman–Crippen MR) is 80.0 cm³/mol. The van der Waals surface area contributed by atoms with Gasteiger partial charge in [-0.25, -0.2) is 15.4 Å². The predicted octanol–water partition coefficient (Wildman–Crippen LogP) is 2.32. The van der Waals surface area contributed by atoms with Crippen LogP contribution in [0.5, 0.6) is 0 Å². The molecular formula is C16H12N4O2. The van der Waals surface area contributed by atoms with Crippen LogP contribution in [0.4, 0.5) is 0 Å². The topological polar surface area (TPSA) is 88.0 Å². The molecule has 2 N–H and O–H groups in total. The SMILES string of the molecule is O=C(NO)c1ccnc(-c2ccc(-c3cncnc3)cc2)c1. The van der Waals surface area contributed by atoms with Crippen molar-refractivity contribution < 1.29 is 10.0 Å². The quantitative estimate of drug-likeness (QED) is 0.571. The van der Waals surface area contributed by atoms with Gasteiger partial charge >= 0.3 is 0 Å². The van der Waals surface area contributed by atoms with Gasteiger partial charge in [-0.05, 0) is 17.7 Å². The van der Waals surface area contributed by atoms with Gasteiger partial charge in [0.2, 0.25) is 0 Å². The molecule has 108 valence electrons. The van der Waals surface area contributed by atoms with Gasteiger partial charge in [-0.1, -0.05) is 24.3 Å². The number of nitrogens with one attached hydrogen (secondary N) is 1. The lowest BCUT2D eigenvalue weighted by atomic mass is 10.0. The van der Waals surface area contributed by atoms with E-state index in [2.05, 4.69) is 15.0 Å². The van der Waals surface area contributed by atoms with Gasteiger partial charge in [0.05, 0.1) is 5.69 Å². The molecule has 22 heavy (non-hydrogen) atoms. The fraction of sp³-hybridized carbons (Fsp3) is 0. The average Bonchev–Trinajstić information content (AvgIpc) is 2.62. The van der Waals surface area contributed by atoms with Gasteiger partial charge < -0.3 is 0 Å². The lowest BCUT2D eigenvalue weighted by Crippen LogP contribution is -2.18. The number of amides is 1. The third-order valence-electron chi connectivity index (χ3n) is 3.20. The summed E-state index contributed by atoms with van der Waals surface area (Å²) in [4.78, 5) is 23.7. The van der Waals surface area contributed by atoms with E-state index in [1.165, 1.54) is 18.6 Å². The number of nitrogens with zero attached hydrogens (tertiary/aromatic N) is 3. The summed E-state index contributed by atoms with van der Waals surface area (Å²) >= 11 is 0. The Labute approximate surface area is 126 Å². The van der Waals surface area contributed by atoms with E-state index in [1.807, 2.05) is 24.3 Å². The number of carbonyl (C=O) groups excluding carboxylic acids is 1. The standard InChI is InChI=1S/C16H12N4O2/c21-16(20-22)13-5-6-19-15(7-13)12-3-1-11(2-4-12)14-8-17-10-18-9-14/h1-10,22H,(H,20,21). The van der Waals surface area contributed by atoms with E-state index in [9.17, 15) is 4.79 Å². The third kappa shape index (κ3) is 2.82. The van der Waals surface area contributed by atoms with Gasteiger partial charge in [0, 0.05) is 35.3 Å². The minimum Gasteiger partial charge on any atom is -0.288 e. The van der Waals surface area contributed by atoms with Gasteiger partial charge in [0.15, 0.2) is 0 Å². The summed E-state index contributed by atoms with van der Waals surface area (Å²) in [6, 6.07) is 10.8. The minimum absolute atomic E-state index is 0.341. The van der Waals surface area contributed by atoms with Crippen molar-refractivity contribution in [2.24, 2.45) is 0 Å². The van der Waals surface area contributed by atoms with Gasteiger partial charge in [-0.3, -0.25) is 15.0 Å². The summed E-state index contributed by atoms with van der Waals surface area (Å²) in [5.41, 5.74) is 5.39. The maximum Gasteiger partial charge on any atom is 0.274 e. The Balaban J connectivity index is 1.92. The molecule has 0 aliphatic heterocycles. The molecule has 3 aromatic rings. The molecule has 0 aliphatic rings. The smallest absolute Gasteiger partial charge is 0.274 e. The van der Waals surface area contributed by atoms with Crippen LogP contribution in [0.3, 0.4) is 0 Å². The Hall–Kier alpha value is -3.12. The third-order valence-corrected chi connectivity index (χ3v) is 3.20. The molecule has 6 heteroatoms. The zero-order valence-corrected chi connectivity index (χ0v) is 11.5. The van der Waals surface area contributed by atoms with E-state index in [0.29, 0.717) is 11.3 Å². The maximum absolute atomic E-state index is 11.4. The van der Waals surface area contributed by atoms with Gasteiger partial charge in [0.25, 0.3) is 5.91 Å². The molecule has 0 aliphatic carbocycles. The van der Waals surface area contributed by atoms with Crippen LogP contribution in [0.2, 0.25) is 0 Å². The van der Waals surface area contributed by atoms with Crippen molar-refractivity contribution in [2.75, 3.05) is 0 Å². The molecule has 2 heterocycles. The number of carbonyl (C=O) groups is 1. The van der Waals surface area contributed by atoms with Crippen LogP contribution in [0.1, 0.15) is 10.4 Å². The van der Waals surface area contributed by atoms with Gasteiger partial charge in [0.1, 0.15) is 6.33 Å². The summed E-state index contributed by atoms with van der Waals surface area (Å²) in [6.07, 6.45) is 6.50. The Morgan fingerprint density at radius 3 is 2.32 bits per heavy atom. The fourth-order valence-electron chi connectivity index (χ4n) is 2.08. The maximum atomic E-state index is 11.4. The molecule has 6 nitrogen and oxygen atoms in total. The van der Waals surface area contributed by atoms with Crippen molar-refractivity contribution in [1.82, 2.24) is 20.4 Å². The lowest BCUT2D eigenvalue weighted by molar-refractivity contribution is 0.0706. The molecule has 0 fully saturated rings. The lowest BCUT2D eigenvalue weighted by Gasteiger charge is -2.05. The highest BCUT2D eigenvalue weighted by atomic mass is 16.5. The first-order chi connectivity index (χ1) is 10.8. The van der Waals surface area contributed by atoms with E-state index in [-0.39, 0.29) is 0 Å². The Morgan fingerprint density at radius 1 is 0.955 bits per heavy atom. The monoisotopic (exact) mass is 292 g/mol. The Morgan fingerprint density at radius 2 is 1.64 bits per heavy atom. The highest BCUT2D eigenvalue weighted by molar-refractivity contribution is 5.94. The normalized spacial score (nSPS) is 10.2. The van der Waals surface area contributed by atoms with Crippen molar-refractivity contribution in [3.05, 3.63) is 66.9 Å². The summed E-state index contributed by atoms with van der Waals surface area (Å²) < 4.78 is 0. The van der Waals surface area contributed by atoms with Crippen LogP contribution in [-0.2, 0) is 0 Å². The molecule has 0 saturated heterocycles.